The Morgan fingerprint density at radius 1 is 0.456 bits per heavy atom. The van der Waals surface area contributed by atoms with Gasteiger partial charge in [-0.3, -0.25) is 0 Å². The van der Waals surface area contributed by atoms with Crippen LogP contribution >= 0.6 is 0 Å². The van der Waals surface area contributed by atoms with Crippen LogP contribution in [0.15, 0.2) is 146 Å². The molecule has 0 N–H and O–H groups in total. The van der Waals surface area contributed by atoms with Crippen molar-refractivity contribution in [2.75, 3.05) is 9.71 Å². The normalized spacial score (nSPS) is 16.6. The third-order valence-corrected chi connectivity index (χ3v) is 19.4. The number of benzene rings is 8. The summed E-state index contributed by atoms with van der Waals surface area (Å²) in [6, 6.07) is 58.1. The molecule has 0 radical (unpaired) electrons. The Morgan fingerprint density at radius 3 is 1.52 bits per heavy atom. The molecule has 13 rings (SSSR count). The highest BCUT2D eigenvalue weighted by molar-refractivity contribution is 6.94. The predicted octanol–water partition coefficient (Wildman–Crippen LogP) is 19.3. The number of nitrogens with zero attached hydrogens (tertiary/aromatic N) is 3. The lowest BCUT2D eigenvalue weighted by Crippen LogP contribution is -2.61. The summed E-state index contributed by atoms with van der Waals surface area (Å²) in [5, 5.41) is 2.81. The number of anilines is 5. The van der Waals surface area contributed by atoms with Gasteiger partial charge in [-0.05, 0) is 184 Å². The first kappa shape index (κ1) is 51.6. The van der Waals surface area contributed by atoms with Gasteiger partial charge in [-0.2, -0.15) is 0 Å². The van der Waals surface area contributed by atoms with E-state index < -0.39 is 0 Å². The quantitative estimate of drug-likeness (QED) is 0.163. The fourth-order valence-corrected chi connectivity index (χ4v) is 14.6. The molecule has 0 atom stereocenters. The SMILES string of the molecule is CC(C)(C)c1ccc(N2B3c4cc(C(C)(C)C)ccc4-n4c5cc6c(cc5c5c7c(c(c3c54)-c3ccc(N(c4ccc(C(C)(C)C)cc4)c4ccc(C(C)(C)C)cc4)cc32)-c2ccccc2C7(C)C)C(C)(C)CCC6(C)C)cc1. The molecule has 3 heterocycles. The van der Waals surface area contributed by atoms with E-state index in [9.17, 15) is 0 Å². The van der Waals surface area contributed by atoms with Gasteiger partial charge in [-0.25, -0.2) is 0 Å². The van der Waals surface area contributed by atoms with Gasteiger partial charge in [-0.15, -0.1) is 0 Å². The smallest absolute Gasteiger partial charge is 0.333 e. The summed E-state index contributed by atoms with van der Waals surface area (Å²) >= 11 is 0. The summed E-state index contributed by atoms with van der Waals surface area (Å²) in [6.45, 7) is 42.8. The van der Waals surface area contributed by atoms with Gasteiger partial charge in [0.2, 0.25) is 0 Å². The molecule has 0 fully saturated rings. The Bertz CT molecular complexity index is 3940. The summed E-state index contributed by atoms with van der Waals surface area (Å²) in [7, 11) is 0. The van der Waals surface area contributed by atoms with Crippen molar-refractivity contribution < 1.29 is 0 Å². The lowest BCUT2D eigenvalue weighted by Gasteiger charge is -2.44. The van der Waals surface area contributed by atoms with Crippen molar-refractivity contribution in [2.45, 2.75) is 175 Å². The van der Waals surface area contributed by atoms with E-state index in [0.29, 0.717) is 0 Å². The molecule has 400 valence electrons. The molecular formula is C75H82BN3. The largest absolute Gasteiger partial charge is 0.376 e. The van der Waals surface area contributed by atoms with Crippen molar-refractivity contribution in [3.63, 3.8) is 0 Å². The molecule has 0 spiro atoms. The number of rotatable bonds is 4. The van der Waals surface area contributed by atoms with Gasteiger partial charge >= 0.3 is 6.85 Å². The van der Waals surface area contributed by atoms with Crippen LogP contribution in [0.4, 0.5) is 28.4 Å². The van der Waals surface area contributed by atoms with E-state index in [1.54, 1.807) is 0 Å². The van der Waals surface area contributed by atoms with Crippen molar-refractivity contribution in [3.8, 4) is 27.9 Å². The fourth-order valence-electron chi connectivity index (χ4n) is 14.6. The zero-order valence-electron chi connectivity index (χ0n) is 50.7. The van der Waals surface area contributed by atoms with Gasteiger partial charge in [0.05, 0.1) is 11.0 Å². The lowest BCUT2D eigenvalue weighted by molar-refractivity contribution is 0.332. The Morgan fingerprint density at radius 2 is 0.962 bits per heavy atom. The minimum absolute atomic E-state index is 0.00111. The predicted molar refractivity (Wildman–Crippen MR) is 342 cm³/mol. The van der Waals surface area contributed by atoms with E-state index >= 15 is 0 Å². The molecule has 2 aliphatic carbocycles. The van der Waals surface area contributed by atoms with E-state index in [1.807, 2.05) is 0 Å². The van der Waals surface area contributed by atoms with E-state index in [-0.39, 0.29) is 44.8 Å². The van der Waals surface area contributed by atoms with Crippen molar-refractivity contribution in [2.24, 2.45) is 0 Å². The highest BCUT2D eigenvalue weighted by atomic mass is 15.2. The third kappa shape index (κ3) is 7.65. The first-order valence-electron chi connectivity index (χ1n) is 29.5. The zero-order valence-corrected chi connectivity index (χ0v) is 50.7. The maximum absolute atomic E-state index is 2.76. The highest BCUT2D eigenvalue weighted by Crippen LogP contribution is 2.60. The zero-order chi connectivity index (χ0) is 56.1. The van der Waals surface area contributed by atoms with Gasteiger partial charge in [0.25, 0.3) is 0 Å². The Labute approximate surface area is 473 Å². The molecule has 79 heavy (non-hydrogen) atoms. The monoisotopic (exact) mass is 1040 g/mol. The van der Waals surface area contributed by atoms with E-state index in [1.165, 1.54) is 129 Å². The van der Waals surface area contributed by atoms with Crippen LogP contribution in [0.1, 0.15) is 182 Å². The molecule has 4 aliphatic rings. The van der Waals surface area contributed by atoms with Crippen LogP contribution in [-0.4, -0.2) is 11.4 Å². The maximum atomic E-state index is 2.76. The molecule has 2 aliphatic heterocycles. The second-order valence-electron chi connectivity index (χ2n) is 30.2. The van der Waals surface area contributed by atoms with E-state index in [2.05, 4.69) is 284 Å². The molecule has 0 amide bonds. The summed E-state index contributed by atoms with van der Waals surface area (Å²) in [4.78, 5) is 5.26. The first-order valence-corrected chi connectivity index (χ1v) is 29.5. The molecule has 1 aromatic heterocycles. The number of hydrogen-bond acceptors (Lipinski definition) is 2. The van der Waals surface area contributed by atoms with Crippen molar-refractivity contribution in [1.29, 1.82) is 0 Å². The topological polar surface area (TPSA) is 11.4 Å². The average molecular weight is 1040 g/mol. The minimum Gasteiger partial charge on any atom is -0.376 e. The molecule has 0 saturated carbocycles. The summed E-state index contributed by atoms with van der Waals surface area (Å²) in [5.41, 5.74) is 29.0. The fraction of sp³-hybridized carbons (Fsp3) is 0.360. The third-order valence-electron chi connectivity index (χ3n) is 19.4. The number of aromatic nitrogens is 1. The summed E-state index contributed by atoms with van der Waals surface area (Å²) in [5.74, 6) is 0. The lowest BCUT2D eigenvalue weighted by atomic mass is 9.43. The van der Waals surface area contributed by atoms with Crippen molar-refractivity contribution in [1.82, 2.24) is 4.57 Å². The van der Waals surface area contributed by atoms with Crippen LogP contribution in [-0.2, 0) is 37.9 Å². The van der Waals surface area contributed by atoms with Gasteiger partial charge in [0.15, 0.2) is 0 Å². The average Bonchev–Trinajstić information content (AvgIpc) is 2.25. The molecule has 0 saturated heterocycles. The Kier molecular flexibility index (Phi) is 10.9. The van der Waals surface area contributed by atoms with Gasteiger partial charge in [0, 0.05) is 55.9 Å². The van der Waals surface area contributed by atoms with Gasteiger partial charge in [-0.1, -0.05) is 203 Å². The second kappa shape index (κ2) is 16.7. The molecule has 0 unspecified atom stereocenters. The van der Waals surface area contributed by atoms with Crippen LogP contribution in [0.5, 0.6) is 0 Å². The van der Waals surface area contributed by atoms with Crippen LogP contribution < -0.4 is 20.6 Å². The molecule has 3 nitrogen and oxygen atoms in total. The van der Waals surface area contributed by atoms with Crippen molar-refractivity contribution >= 4 is 68.0 Å². The summed E-state index contributed by atoms with van der Waals surface area (Å²) < 4.78 is 2.75. The number of hydrogen-bond donors (Lipinski definition) is 0. The minimum atomic E-state index is -0.272. The van der Waals surface area contributed by atoms with Crippen LogP contribution in [0.3, 0.4) is 0 Å². The summed E-state index contributed by atoms with van der Waals surface area (Å²) in [6.07, 6.45) is 2.34. The standard InChI is InChI=1S/C75H82BN3/c1-69(2,3)45-23-30-49(31-24-45)77(50-32-25-46(26-33-50)70(4,5)6)52-36-37-54-62(42-52)79(51-34-27-47(28-35-51)71(7,8)9)76-59-41-48(72(10,11)12)29-38-60(59)78-61-44-58-57(73(13,14)39-40-74(58,15)16)43-55(61)65-66-63(64(54)67(76)68(65)78)53-21-19-20-22-56(53)75(66,17)18/h19-38,41-44H,39-40H2,1-18H3. The second-order valence-corrected chi connectivity index (χ2v) is 30.2. The van der Waals surface area contributed by atoms with Crippen LogP contribution in [0.25, 0.3) is 49.7 Å². The van der Waals surface area contributed by atoms with E-state index in [4.69, 9.17) is 0 Å². The highest BCUT2D eigenvalue weighted by Gasteiger charge is 2.51. The molecular weight excluding hydrogens is 954 g/mol. The Balaban J connectivity index is 1.21. The van der Waals surface area contributed by atoms with Crippen molar-refractivity contribution in [3.05, 3.63) is 190 Å². The molecule has 4 heteroatoms. The maximum Gasteiger partial charge on any atom is 0.333 e. The van der Waals surface area contributed by atoms with Gasteiger partial charge < -0.3 is 14.3 Å². The first-order chi connectivity index (χ1) is 37.0. The molecule has 8 aromatic carbocycles. The van der Waals surface area contributed by atoms with E-state index in [0.717, 1.165) is 17.1 Å². The number of fused-ring (bicyclic) bond motifs is 14. The Hall–Kier alpha value is -6.78. The van der Waals surface area contributed by atoms with Gasteiger partial charge in [0.1, 0.15) is 0 Å². The van der Waals surface area contributed by atoms with Crippen LogP contribution in [0, 0.1) is 0 Å². The molecule has 9 aromatic rings. The molecule has 0 bridgehead atoms. The van der Waals surface area contributed by atoms with Crippen LogP contribution in [0.2, 0.25) is 0 Å².